The molecule has 0 radical (unpaired) electrons. The lowest BCUT2D eigenvalue weighted by Crippen LogP contribution is -2.52. The van der Waals surface area contributed by atoms with Crippen LogP contribution < -0.4 is 0 Å². The zero-order valence-electron chi connectivity index (χ0n) is 17.8. The van der Waals surface area contributed by atoms with Gasteiger partial charge in [0.25, 0.3) is 0 Å². The maximum Gasteiger partial charge on any atom is 0.219 e. The van der Waals surface area contributed by atoms with Gasteiger partial charge in [-0.2, -0.15) is 0 Å². The van der Waals surface area contributed by atoms with Crippen LogP contribution >= 0.6 is 11.3 Å². The van der Waals surface area contributed by atoms with E-state index in [0.29, 0.717) is 6.04 Å². The van der Waals surface area contributed by atoms with Gasteiger partial charge in [-0.25, -0.2) is 4.98 Å². The standard InChI is InChI=1S/C22H32N4OS/c1-15(2)26-17(4)23-21-20(26)13-24(12-19-7-6-16(3)28-19)14-22(21)8-10-25(11-9-22)18(5)27/h6-7,15H,8-14H2,1-5H3. The Morgan fingerprint density at radius 2 is 1.96 bits per heavy atom. The molecule has 4 rings (SSSR count). The molecule has 152 valence electrons. The molecule has 0 unspecified atom stereocenters. The van der Waals surface area contributed by atoms with Gasteiger partial charge in [-0.1, -0.05) is 0 Å². The quantitative estimate of drug-likeness (QED) is 0.781. The van der Waals surface area contributed by atoms with Crippen molar-refractivity contribution in [1.29, 1.82) is 0 Å². The van der Waals surface area contributed by atoms with Gasteiger partial charge in [0.05, 0.1) is 11.4 Å². The van der Waals surface area contributed by atoms with Crippen LogP contribution in [0.4, 0.5) is 0 Å². The predicted molar refractivity (Wildman–Crippen MR) is 114 cm³/mol. The third-order valence-electron chi connectivity index (χ3n) is 6.45. The first-order valence-corrected chi connectivity index (χ1v) is 11.2. The van der Waals surface area contributed by atoms with E-state index >= 15 is 0 Å². The summed E-state index contributed by atoms with van der Waals surface area (Å²) in [5.74, 6) is 1.32. The molecule has 5 nitrogen and oxygen atoms in total. The summed E-state index contributed by atoms with van der Waals surface area (Å²) < 4.78 is 2.43. The highest BCUT2D eigenvalue weighted by Crippen LogP contribution is 2.43. The van der Waals surface area contributed by atoms with Crippen molar-refractivity contribution in [3.63, 3.8) is 0 Å². The molecule has 1 amide bonds. The van der Waals surface area contributed by atoms with Crippen molar-refractivity contribution in [3.05, 3.63) is 39.1 Å². The third kappa shape index (κ3) is 3.41. The highest BCUT2D eigenvalue weighted by molar-refractivity contribution is 7.11. The van der Waals surface area contributed by atoms with E-state index < -0.39 is 0 Å². The number of rotatable bonds is 3. The summed E-state index contributed by atoms with van der Waals surface area (Å²) in [4.78, 5) is 24.4. The molecule has 4 heterocycles. The molecule has 0 N–H and O–H groups in total. The van der Waals surface area contributed by atoms with Gasteiger partial charge < -0.3 is 9.47 Å². The minimum atomic E-state index is 0.0662. The molecule has 0 aliphatic carbocycles. The normalized spacial score (nSPS) is 19.4. The van der Waals surface area contributed by atoms with Crippen molar-refractivity contribution in [3.8, 4) is 0 Å². The molecule has 0 saturated carbocycles. The maximum atomic E-state index is 11.9. The fourth-order valence-electron chi connectivity index (χ4n) is 5.17. The van der Waals surface area contributed by atoms with E-state index in [1.165, 1.54) is 21.1 Å². The molecule has 1 saturated heterocycles. The summed E-state index contributed by atoms with van der Waals surface area (Å²) in [7, 11) is 0. The summed E-state index contributed by atoms with van der Waals surface area (Å²) in [5.41, 5.74) is 2.76. The van der Waals surface area contributed by atoms with E-state index in [1.807, 2.05) is 16.2 Å². The largest absolute Gasteiger partial charge is 0.343 e. The second kappa shape index (κ2) is 7.30. The predicted octanol–water partition coefficient (Wildman–Crippen LogP) is 4.04. The van der Waals surface area contributed by atoms with Crippen molar-refractivity contribution < 1.29 is 4.79 Å². The SMILES string of the molecule is CC(=O)N1CCC2(CC1)CN(Cc1ccc(C)s1)Cc1c2nc(C)n1C(C)C. The van der Waals surface area contributed by atoms with Crippen molar-refractivity contribution in [1.82, 2.24) is 19.4 Å². The number of piperidine rings is 1. The van der Waals surface area contributed by atoms with E-state index in [-0.39, 0.29) is 11.3 Å². The average molecular weight is 401 g/mol. The molecular weight excluding hydrogens is 368 g/mol. The molecule has 2 aliphatic heterocycles. The fraction of sp³-hybridized carbons (Fsp3) is 0.636. The molecule has 28 heavy (non-hydrogen) atoms. The summed E-state index contributed by atoms with van der Waals surface area (Å²) in [6.07, 6.45) is 2.02. The zero-order valence-corrected chi connectivity index (χ0v) is 18.6. The lowest BCUT2D eigenvalue weighted by molar-refractivity contribution is -0.130. The van der Waals surface area contributed by atoms with Crippen molar-refractivity contribution in [2.45, 2.75) is 72.0 Å². The lowest BCUT2D eigenvalue weighted by Gasteiger charge is -2.47. The number of carbonyl (C=O) groups is 1. The van der Waals surface area contributed by atoms with Gasteiger partial charge in [0, 0.05) is 60.9 Å². The Morgan fingerprint density at radius 1 is 1.25 bits per heavy atom. The van der Waals surface area contributed by atoms with Crippen LogP contribution in [-0.2, 0) is 23.3 Å². The topological polar surface area (TPSA) is 41.4 Å². The number of hydrogen-bond acceptors (Lipinski definition) is 4. The van der Waals surface area contributed by atoms with Crippen LogP contribution in [0.5, 0.6) is 0 Å². The molecule has 6 heteroatoms. The molecule has 2 aromatic heterocycles. The van der Waals surface area contributed by atoms with Gasteiger partial charge >= 0.3 is 0 Å². The Labute approximate surface area is 172 Å². The van der Waals surface area contributed by atoms with E-state index in [4.69, 9.17) is 4.98 Å². The minimum Gasteiger partial charge on any atom is -0.343 e. The second-order valence-electron chi connectivity index (χ2n) is 8.86. The Hall–Kier alpha value is -1.66. The first-order chi connectivity index (χ1) is 13.3. The van der Waals surface area contributed by atoms with E-state index in [1.54, 1.807) is 6.92 Å². The average Bonchev–Trinajstić information content (AvgIpc) is 3.18. The number of hydrogen-bond donors (Lipinski definition) is 0. The van der Waals surface area contributed by atoms with Gasteiger partial charge in [0.1, 0.15) is 5.82 Å². The van der Waals surface area contributed by atoms with E-state index in [9.17, 15) is 4.79 Å². The van der Waals surface area contributed by atoms with Gasteiger partial charge in [0.15, 0.2) is 0 Å². The number of imidazole rings is 1. The van der Waals surface area contributed by atoms with E-state index in [2.05, 4.69) is 49.3 Å². The van der Waals surface area contributed by atoms with Crippen LogP contribution in [0.2, 0.25) is 0 Å². The summed E-state index contributed by atoms with van der Waals surface area (Å²) >= 11 is 1.90. The fourth-order valence-corrected chi connectivity index (χ4v) is 6.10. The van der Waals surface area contributed by atoms with Crippen LogP contribution in [0.1, 0.15) is 66.6 Å². The van der Waals surface area contributed by atoms with Crippen LogP contribution in [0.25, 0.3) is 0 Å². The summed E-state index contributed by atoms with van der Waals surface area (Å²) in [5, 5.41) is 0. The first-order valence-electron chi connectivity index (χ1n) is 10.4. The van der Waals surface area contributed by atoms with Crippen LogP contribution in [-0.4, -0.2) is 44.9 Å². The highest BCUT2D eigenvalue weighted by atomic mass is 32.1. The number of thiophene rings is 1. The lowest BCUT2D eigenvalue weighted by atomic mass is 9.72. The monoisotopic (exact) mass is 400 g/mol. The Kier molecular flexibility index (Phi) is 5.12. The van der Waals surface area contributed by atoms with Crippen molar-refractivity contribution in [2.75, 3.05) is 19.6 Å². The Bertz CT molecular complexity index is 873. The number of nitrogens with zero attached hydrogens (tertiary/aromatic N) is 4. The third-order valence-corrected chi connectivity index (χ3v) is 7.43. The number of aromatic nitrogens is 2. The van der Waals surface area contributed by atoms with Crippen LogP contribution in [0, 0.1) is 13.8 Å². The Morgan fingerprint density at radius 3 is 2.54 bits per heavy atom. The molecule has 2 aliphatic rings. The molecule has 1 spiro atoms. The molecule has 0 aromatic carbocycles. The minimum absolute atomic E-state index is 0.0662. The van der Waals surface area contributed by atoms with Crippen LogP contribution in [0.15, 0.2) is 12.1 Å². The number of amides is 1. The number of carbonyl (C=O) groups excluding carboxylic acids is 1. The summed E-state index contributed by atoms with van der Waals surface area (Å²) in [6, 6.07) is 4.90. The molecule has 1 fully saturated rings. The van der Waals surface area contributed by atoms with Crippen molar-refractivity contribution >= 4 is 17.2 Å². The smallest absolute Gasteiger partial charge is 0.219 e. The molecule has 0 atom stereocenters. The van der Waals surface area contributed by atoms with Gasteiger partial charge in [-0.15, -0.1) is 11.3 Å². The van der Waals surface area contributed by atoms with Gasteiger partial charge in [-0.05, 0) is 52.7 Å². The van der Waals surface area contributed by atoms with Crippen molar-refractivity contribution in [2.24, 2.45) is 0 Å². The highest BCUT2D eigenvalue weighted by Gasteiger charge is 2.45. The zero-order chi connectivity index (χ0) is 20.1. The van der Waals surface area contributed by atoms with Gasteiger partial charge in [-0.3, -0.25) is 9.69 Å². The van der Waals surface area contributed by atoms with E-state index in [0.717, 1.165) is 51.4 Å². The van der Waals surface area contributed by atoms with Gasteiger partial charge in [0.2, 0.25) is 5.91 Å². The van der Waals surface area contributed by atoms with Crippen LogP contribution in [0.3, 0.4) is 0 Å². The number of fused-ring (bicyclic) bond motifs is 2. The Balaban J connectivity index is 1.69. The first kappa shape index (κ1) is 19.6. The molecular formula is C22H32N4OS. The number of aryl methyl sites for hydroxylation is 2. The molecule has 0 bridgehead atoms. The maximum absolute atomic E-state index is 11.9. The second-order valence-corrected chi connectivity index (χ2v) is 10.2. The molecule has 2 aromatic rings. The number of likely N-dealkylation sites (tertiary alicyclic amines) is 1. The summed E-state index contributed by atoms with van der Waals surface area (Å²) in [6.45, 7) is 15.2.